The minimum Gasteiger partial charge on any atom is -0.508 e. The molecule has 0 saturated carbocycles. The predicted molar refractivity (Wildman–Crippen MR) is 52.3 cm³/mol. The van der Waals surface area contributed by atoms with E-state index in [4.69, 9.17) is 5.11 Å². The van der Waals surface area contributed by atoms with Gasteiger partial charge in [0, 0.05) is 6.08 Å². The molecule has 2 N–H and O–H groups in total. The minimum atomic E-state index is -0.333. The van der Waals surface area contributed by atoms with Crippen molar-refractivity contribution in [2.24, 2.45) is 0 Å². The molecule has 0 spiro atoms. The fourth-order valence-corrected chi connectivity index (χ4v) is 0.892. The minimum absolute atomic E-state index is 0.198. The molecular weight excluding hydrogens is 182 g/mol. The van der Waals surface area contributed by atoms with Crippen LogP contribution in [0.5, 0.6) is 5.75 Å². The highest BCUT2D eigenvalue weighted by atomic mass is 16.6. The van der Waals surface area contributed by atoms with Crippen LogP contribution in [0.25, 0.3) is 6.08 Å². The molecule has 0 heterocycles. The predicted octanol–water partition coefficient (Wildman–Crippen LogP) is 1.08. The number of carbonyl (C=O) groups excluding carboxylic acids is 1. The second-order valence-electron chi connectivity index (χ2n) is 2.60. The van der Waals surface area contributed by atoms with Gasteiger partial charge in [0.2, 0.25) is 0 Å². The van der Waals surface area contributed by atoms with E-state index in [0.29, 0.717) is 0 Å². The highest BCUT2D eigenvalue weighted by Gasteiger charge is 1.92. The van der Waals surface area contributed by atoms with E-state index in [0.717, 1.165) is 5.56 Å². The molecule has 0 aromatic heterocycles. The number of amides is 1. The van der Waals surface area contributed by atoms with Crippen LogP contribution in [0, 0.1) is 0 Å². The summed E-state index contributed by atoms with van der Waals surface area (Å²) in [4.78, 5) is 15.3. The van der Waals surface area contributed by atoms with Gasteiger partial charge in [-0.2, -0.15) is 0 Å². The van der Waals surface area contributed by atoms with Gasteiger partial charge in [0.25, 0.3) is 5.91 Å². The lowest BCUT2D eigenvalue weighted by atomic mass is 10.2. The molecule has 4 heteroatoms. The van der Waals surface area contributed by atoms with Crippen molar-refractivity contribution in [3.8, 4) is 5.75 Å². The number of nitrogens with one attached hydrogen (secondary N) is 1. The Bertz CT molecular complexity index is 330. The van der Waals surface area contributed by atoms with Crippen molar-refractivity contribution >= 4 is 12.0 Å². The van der Waals surface area contributed by atoms with E-state index < -0.39 is 0 Å². The molecule has 4 nitrogen and oxygen atoms in total. The van der Waals surface area contributed by atoms with Gasteiger partial charge < -0.3 is 5.11 Å². The molecule has 1 aromatic carbocycles. The topological polar surface area (TPSA) is 58.6 Å². The summed E-state index contributed by atoms with van der Waals surface area (Å²) < 4.78 is 0. The van der Waals surface area contributed by atoms with Crippen LogP contribution in [-0.2, 0) is 9.63 Å². The van der Waals surface area contributed by atoms with Gasteiger partial charge in [-0.3, -0.25) is 9.63 Å². The van der Waals surface area contributed by atoms with Gasteiger partial charge in [-0.15, -0.1) is 0 Å². The Balaban J connectivity index is 2.60. The first-order valence-corrected chi connectivity index (χ1v) is 4.02. The first-order valence-electron chi connectivity index (χ1n) is 4.02. The van der Waals surface area contributed by atoms with Gasteiger partial charge in [0.15, 0.2) is 0 Å². The first kappa shape index (κ1) is 10.3. The van der Waals surface area contributed by atoms with Gasteiger partial charge in [-0.1, -0.05) is 12.1 Å². The molecule has 0 radical (unpaired) electrons. The Morgan fingerprint density at radius 2 is 2.07 bits per heavy atom. The summed E-state index contributed by atoms with van der Waals surface area (Å²) in [5.41, 5.74) is 2.98. The zero-order valence-corrected chi connectivity index (χ0v) is 7.73. The zero-order valence-electron chi connectivity index (χ0n) is 7.73. The first-order chi connectivity index (χ1) is 6.72. The van der Waals surface area contributed by atoms with Crippen LogP contribution in [0.15, 0.2) is 30.3 Å². The number of aromatic hydroxyl groups is 1. The summed E-state index contributed by atoms with van der Waals surface area (Å²) in [6.45, 7) is 0. The van der Waals surface area contributed by atoms with Gasteiger partial charge in [0.05, 0.1) is 7.11 Å². The van der Waals surface area contributed by atoms with Crippen molar-refractivity contribution in [1.82, 2.24) is 5.48 Å². The van der Waals surface area contributed by atoms with E-state index in [1.54, 1.807) is 30.3 Å². The number of rotatable bonds is 3. The lowest BCUT2D eigenvalue weighted by Crippen LogP contribution is -2.18. The van der Waals surface area contributed by atoms with E-state index in [1.165, 1.54) is 13.2 Å². The molecule has 0 saturated heterocycles. The largest absolute Gasteiger partial charge is 0.508 e. The van der Waals surface area contributed by atoms with Crippen LogP contribution < -0.4 is 5.48 Å². The summed E-state index contributed by atoms with van der Waals surface area (Å²) >= 11 is 0. The fourth-order valence-electron chi connectivity index (χ4n) is 0.892. The molecule has 0 bridgehead atoms. The van der Waals surface area contributed by atoms with Crippen molar-refractivity contribution in [3.63, 3.8) is 0 Å². The Morgan fingerprint density at radius 1 is 1.43 bits per heavy atom. The van der Waals surface area contributed by atoms with Crippen LogP contribution >= 0.6 is 0 Å². The van der Waals surface area contributed by atoms with E-state index in [-0.39, 0.29) is 11.7 Å². The monoisotopic (exact) mass is 193 g/mol. The Labute approximate surface area is 81.8 Å². The number of carbonyl (C=O) groups is 1. The third-order valence-corrected chi connectivity index (χ3v) is 1.52. The number of hydrogen-bond donors (Lipinski definition) is 2. The Hall–Kier alpha value is -1.81. The van der Waals surface area contributed by atoms with Crippen molar-refractivity contribution in [2.75, 3.05) is 7.11 Å². The molecule has 0 unspecified atom stereocenters. The highest BCUT2D eigenvalue weighted by Crippen LogP contribution is 2.10. The molecule has 1 rings (SSSR count). The number of phenols is 1. The molecule has 0 atom stereocenters. The van der Waals surface area contributed by atoms with E-state index >= 15 is 0 Å². The Morgan fingerprint density at radius 3 is 2.64 bits per heavy atom. The summed E-state index contributed by atoms with van der Waals surface area (Å²) in [5, 5.41) is 8.99. The second kappa shape index (κ2) is 5.04. The Kier molecular flexibility index (Phi) is 3.69. The third-order valence-electron chi connectivity index (χ3n) is 1.52. The number of phenolic OH excluding ortho intramolecular Hbond substituents is 1. The van der Waals surface area contributed by atoms with Crippen LogP contribution in [0.4, 0.5) is 0 Å². The smallest absolute Gasteiger partial charge is 0.267 e. The molecule has 14 heavy (non-hydrogen) atoms. The van der Waals surface area contributed by atoms with Crippen molar-refractivity contribution in [2.45, 2.75) is 0 Å². The highest BCUT2D eigenvalue weighted by molar-refractivity contribution is 5.90. The van der Waals surface area contributed by atoms with E-state index in [1.807, 2.05) is 0 Å². The van der Waals surface area contributed by atoms with Crippen LogP contribution in [0.2, 0.25) is 0 Å². The number of hydrogen-bond acceptors (Lipinski definition) is 3. The van der Waals surface area contributed by atoms with Gasteiger partial charge in [-0.25, -0.2) is 5.48 Å². The molecule has 1 amide bonds. The quantitative estimate of drug-likeness (QED) is 0.558. The lowest BCUT2D eigenvalue weighted by Gasteiger charge is -1.96. The van der Waals surface area contributed by atoms with Crippen LogP contribution in [-0.4, -0.2) is 18.1 Å². The standard InChI is InChI=1S/C10H11NO3/c1-14-11-10(13)7-4-8-2-5-9(12)6-3-8/h2-7,12H,1H3,(H,11,13)/b7-4+. The third kappa shape index (κ3) is 3.28. The maximum atomic E-state index is 10.9. The van der Waals surface area contributed by atoms with Gasteiger partial charge in [-0.05, 0) is 23.8 Å². The molecule has 1 aromatic rings. The summed E-state index contributed by atoms with van der Waals surface area (Å²) in [6.07, 6.45) is 2.96. The van der Waals surface area contributed by atoms with Gasteiger partial charge >= 0.3 is 0 Å². The summed E-state index contributed by atoms with van der Waals surface area (Å²) in [5.74, 6) is -0.135. The van der Waals surface area contributed by atoms with Crippen molar-refractivity contribution < 1.29 is 14.7 Å². The second-order valence-corrected chi connectivity index (χ2v) is 2.60. The van der Waals surface area contributed by atoms with Crippen LogP contribution in [0.3, 0.4) is 0 Å². The molecule has 0 aliphatic rings. The average molecular weight is 193 g/mol. The van der Waals surface area contributed by atoms with Crippen molar-refractivity contribution in [3.05, 3.63) is 35.9 Å². The normalized spacial score (nSPS) is 10.4. The molecule has 0 aliphatic carbocycles. The summed E-state index contributed by atoms with van der Waals surface area (Å²) in [7, 11) is 1.37. The van der Waals surface area contributed by atoms with E-state index in [2.05, 4.69) is 10.3 Å². The average Bonchev–Trinajstić information content (AvgIpc) is 2.17. The molecular formula is C10H11NO3. The number of hydroxylamine groups is 1. The van der Waals surface area contributed by atoms with Gasteiger partial charge in [0.1, 0.15) is 5.75 Å². The summed E-state index contributed by atoms with van der Waals surface area (Å²) in [6, 6.07) is 6.50. The van der Waals surface area contributed by atoms with E-state index in [9.17, 15) is 4.79 Å². The zero-order chi connectivity index (χ0) is 10.4. The molecule has 0 fully saturated rings. The SMILES string of the molecule is CONC(=O)/C=C/c1ccc(O)cc1. The number of benzene rings is 1. The van der Waals surface area contributed by atoms with Crippen molar-refractivity contribution in [1.29, 1.82) is 0 Å². The lowest BCUT2D eigenvalue weighted by molar-refractivity contribution is -0.126. The maximum absolute atomic E-state index is 10.9. The molecule has 74 valence electrons. The maximum Gasteiger partial charge on any atom is 0.267 e. The molecule has 0 aliphatic heterocycles. The van der Waals surface area contributed by atoms with Crippen LogP contribution in [0.1, 0.15) is 5.56 Å². The fraction of sp³-hybridized carbons (Fsp3) is 0.100.